The minimum atomic E-state index is -0.103. The number of carbonyl (C=O) groups excluding carboxylic acids is 1. The van der Waals surface area contributed by atoms with Gasteiger partial charge in [-0.05, 0) is 48.4 Å². The second-order valence-corrected chi connectivity index (χ2v) is 6.07. The molecule has 0 aliphatic carbocycles. The fourth-order valence-electron chi connectivity index (χ4n) is 2.83. The van der Waals surface area contributed by atoms with Crippen LogP contribution in [0.1, 0.15) is 22.8 Å². The van der Waals surface area contributed by atoms with Crippen LogP contribution in [0.3, 0.4) is 0 Å². The minimum absolute atomic E-state index is 0.103. The van der Waals surface area contributed by atoms with E-state index in [1.54, 1.807) is 19.2 Å². The lowest BCUT2D eigenvalue weighted by Crippen LogP contribution is -2.22. The van der Waals surface area contributed by atoms with Crippen LogP contribution in [0.4, 0.5) is 0 Å². The first-order chi connectivity index (χ1) is 13.2. The fourth-order valence-corrected chi connectivity index (χ4v) is 2.83. The van der Waals surface area contributed by atoms with Crippen molar-refractivity contribution >= 4 is 5.91 Å². The highest BCUT2D eigenvalue weighted by Crippen LogP contribution is 2.25. The lowest BCUT2D eigenvalue weighted by atomic mass is 10.1. The molecule has 0 aromatic heterocycles. The second-order valence-electron chi connectivity index (χ2n) is 6.07. The Morgan fingerprint density at radius 3 is 2.30 bits per heavy atom. The summed E-state index contributed by atoms with van der Waals surface area (Å²) in [5.41, 5.74) is 3.73. The Morgan fingerprint density at radius 1 is 0.926 bits per heavy atom. The molecule has 3 rings (SSSR count). The molecule has 4 nitrogen and oxygen atoms in total. The standard InChI is InChI=1S/C23H23NO3/c1-3-24-23(25)19-11-14-22(26-2)20(15-19)16-27-21-12-9-18(10-13-21)17-7-5-4-6-8-17/h4-15H,3,16H2,1-2H3,(H,24,25). The maximum absolute atomic E-state index is 12.1. The first kappa shape index (κ1) is 18.5. The highest BCUT2D eigenvalue weighted by atomic mass is 16.5. The van der Waals surface area contributed by atoms with E-state index in [0.29, 0.717) is 24.5 Å². The van der Waals surface area contributed by atoms with Crippen molar-refractivity contribution in [3.63, 3.8) is 0 Å². The van der Waals surface area contributed by atoms with Gasteiger partial charge in [0.05, 0.1) is 7.11 Å². The van der Waals surface area contributed by atoms with Gasteiger partial charge in [-0.25, -0.2) is 0 Å². The molecule has 0 radical (unpaired) electrons. The number of hydrogen-bond donors (Lipinski definition) is 1. The molecule has 0 aliphatic rings. The predicted molar refractivity (Wildman–Crippen MR) is 107 cm³/mol. The van der Waals surface area contributed by atoms with Gasteiger partial charge in [-0.15, -0.1) is 0 Å². The summed E-state index contributed by atoms with van der Waals surface area (Å²) in [6.07, 6.45) is 0. The van der Waals surface area contributed by atoms with Crippen LogP contribution in [0.5, 0.6) is 11.5 Å². The second kappa shape index (κ2) is 8.90. The van der Waals surface area contributed by atoms with E-state index in [4.69, 9.17) is 9.47 Å². The number of amides is 1. The van der Waals surface area contributed by atoms with Crippen molar-refractivity contribution in [3.05, 3.63) is 83.9 Å². The average Bonchev–Trinajstić information content (AvgIpc) is 2.73. The van der Waals surface area contributed by atoms with Crippen LogP contribution >= 0.6 is 0 Å². The van der Waals surface area contributed by atoms with Gasteiger partial charge in [0, 0.05) is 17.7 Å². The molecule has 0 spiro atoms. The van der Waals surface area contributed by atoms with Gasteiger partial charge < -0.3 is 14.8 Å². The Morgan fingerprint density at radius 2 is 1.63 bits per heavy atom. The number of methoxy groups -OCH3 is 1. The first-order valence-electron chi connectivity index (χ1n) is 8.94. The number of benzene rings is 3. The van der Waals surface area contributed by atoms with E-state index in [-0.39, 0.29) is 5.91 Å². The van der Waals surface area contributed by atoms with Crippen LogP contribution in [0, 0.1) is 0 Å². The van der Waals surface area contributed by atoms with Crippen molar-refractivity contribution in [2.45, 2.75) is 13.5 Å². The van der Waals surface area contributed by atoms with Crippen LogP contribution in [-0.2, 0) is 6.61 Å². The molecule has 3 aromatic carbocycles. The van der Waals surface area contributed by atoms with Crippen molar-refractivity contribution in [3.8, 4) is 22.6 Å². The van der Waals surface area contributed by atoms with Gasteiger partial charge in [-0.1, -0.05) is 42.5 Å². The number of ether oxygens (including phenoxy) is 2. The lowest BCUT2D eigenvalue weighted by Gasteiger charge is -2.12. The molecule has 4 heteroatoms. The SMILES string of the molecule is CCNC(=O)c1ccc(OC)c(COc2ccc(-c3ccccc3)cc2)c1. The Labute approximate surface area is 159 Å². The van der Waals surface area contributed by atoms with Gasteiger partial charge >= 0.3 is 0 Å². The topological polar surface area (TPSA) is 47.6 Å². The number of carbonyl (C=O) groups is 1. The molecule has 0 heterocycles. The Balaban J connectivity index is 1.72. The Hall–Kier alpha value is -3.27. The van der Waals surface area contributed by atoms with Crippen molar-refractivity contribution in [2.75, 3.05) is 13.7 Å². The third-order valence-corrected chi connectivity index (χ3v) is 4.24. The van der Waals surface area contributed by atoms with Crippen molar-refractivity contribution < 1.29 is 14.3 Å². The highest BCUT2D eigenvalue weighted by molar-refractivity contribution is 5.94. The van der Waals surface area contributed by atoms with E-state index in [9.17, 15) is 4.79 Å². The molecular weight excluding hydrogens is 338 g/mol. The largest absolute Gasteiger partial charge is 0.496 e. The van der Waals surface area contributed by atoms with E-state index < -0.39 is 0 Å². The van der Waals surface area contributed by atoms with Crippen LogP contribution in [0.25, 0.3) is 11.1 Å². The summed E-state index contributed by atoms with van der Waals surface area (Å²) in [6, 6.07) is 23.5. The molecule has 0 fully saturated rings. The van der Waals surface area contributed by atoms with Gasteiger partial charge in [0.1, 0.15) is 18.1 Å². The van der Waals surface area contributed by atoms with E-state index in [1.165, 1.54) is 5.56 Å². The average molecular weight is 361 g/mol. The Kier molecular flexibility index (Phi) is 6.10. The summed E-state index contributed by atoms with van der Waals surface area (Å²) in [5.74, 6) is 1.36. The van der Waals surface area contributed by atoms with Gasteiger partial charge in [-0.3, -0.25) is 4.79 Å². The molecule has 0 saturated heterocycles. The molecule has 0 aliphatic heterocycles. The zero-order valence-electron chi connectivity index (χ0n) is 15.6. The van der Waals surface area contributed by atoms with Crippen molar-refractivity contribution in [1.29, 1.82) is 0 Å². The zero-order valence-corrected chi connectivity index (χ0v) is 15.6. The Bertz CT molecular complexity index is 889. The maximum Gasteiger partial charge on any atom is 0.251 e. The summed E-state index contributed by atoms with van der Waals surface area (Å²) in [5, 5.41) is 2.80. The van der Waals surface area contributed by atoms with E-state index in [0.717, 1.165) is 16.9 Å². The van der Waals surface area contributed by atoms with E-state index in [2.05, 4.69) is 17.4 Å². The molecular formula is C23H23NO3. The van der Waals surface area contributed by atoms with Gasteiger partial charge in [0.15, 0.2) is 0 Å². The number of nitrogens with one attached hydrogen (secondary N) is 1. The van der Waals surface area contributed by atoms with Crippen LogP contribution < -0.4 is 14.8 Å². The maximum atomic E-state index is 12.1. The van der Waals surface area contributed by atoms with Crippen LogP contribution in [0.15, 0.2) is 72.8 Å². The van der Waals surface area contributed by atoms with E-state index in [1.807, 2.05) is 55.5 Å². The third-order valence-electron chi connectivity index (χ3n) is 4.24. The summed E-state index contributed by atoms with van der Waals surface area (Å²) in [7, 11) is 1.61. The van der Waals surface area contributed by atoms with Crippen molar-refractivity contribution in [1.82, 2.24) is 5.32 Å². The number of rotatable bonds is 7. The molecule has 0 unspecified atom stereocenters. The van der Waals surface area contributed by atoms with E-state index >= 15 is 0 Å². The highest BCUT2D eigenvalue weighted by Gasteiger charge is 2.10. The summed E-state index contributed by atoms with van der Waals surface area (Å²) in [4.78, 5) is 12.1. The molecule has 0 saturated carbocycles. The van der Waals surface area contributed by atoms with Gasteiger partial charge in [0.2, 0.25) is 0 Å². The fraction of sp³-hybridized carbons (Fsp3) is 0.174. The minimum Gasteiger partial charge on any atom is -0.496 e. The molecule has 0 atom stereocenters. The van der Waals surface area contributed by atoms with Gasteiger partial charge in [-0.2, -0.15) is 0 Å². The monoisotopic (exact) mass is 361 g/mol. The van der Waals surface area contributed by atoms with Crippen LogP contribution in [-0.4, -0.2) is 19.6 Å². The number of hydrogen-bond acceptors (Lipinski definition) is 3. The summed E-state index contributed by atoms with van der Waals surface area (Å²) in [6.45, 7) is 2.80. The molecule has 27 heavy (non-hydrogen) atoms. The summed E-state index contributed by atoms with van der Waals surface area (Å²) < 4.78 is 11.3. The molecule has 138 valence electrons. The van der Waals surface area contributed by atoms with Crippen molar-refractivity contribution in [2.24, 2.45) is 0 Å². The quantitative estimate of drug-likeness (QED) is 0.664. The molecule has 0 bridgehead atoms. The molecule has 3 aromatic rings. The normalized spacial score (nSPS) is 10.3. The van der Waals surface area contributed by atoms with Crippen LogP contribution in [0.2, 0.25) is 0 Å². The predicted octanol–water partition coefficient (Wildman–Crippen LogP) is 4.69. The smallest absolute Gasteiger partial charge is 0.251 e. The lowest BCUT2D eigenvalue weighted by molar-refractivity contribution is 0.0955. The first-order valence-corrected chi connectivity index (χ1v) is 8.94. The molecule has 1 N–H and O–H groups in total. The van der Waals surface area contributed by atoms with Gasteiger partial charge in [0.25, 0.3) is 5.91 Å². The molecule has 1 amide bonds. The third kappa shape index (κ3) is 4.67. The summed E-state index contributed by atoms with van der Waals surface area (Å²) >= 11 is 0. The zero-order chi connectivity index (χ0) is 19.1.